The van der Waals surface area contributed by atoms with Gasteiger partial charge in [0.15, 0.2) is 12.1 Å². The van der Waals surface area contributed by atoms with Crippen molar-refractivity contribution in [2.75, 3.05) is 41.0 Å². The molecule has 0 saturated heterocycles. The van der Waals surface area contributed by atoms with Crippen LogP contribution < -0.4 is 0 Å². The molecular weight excluding hydrogens is 679 g/mol. The number of likely N-dealkylation sites (N-methyl/N-ethyl adjacent to an activating group) is 1. The van der Waals surface area contributed by atoms with E-state index in [0.717, 1.165) is 89.9 Å². The van der Waals surface area contributed by atoms with Crippen LogP contribution in [-0.4, -0.2) is 80.6 Å². The van der Waals surface area contributed by atoms with Crippen LogP contribution in [0.1, 0.15) is 174 Å². The maximum Gasteiger partial charge on any atom is 0.362 e. The number of carbonyl (C=O) groups excluding carboxylic acids is 2. The summed E-state index contributed by atoms with van der Waals surface area (Å²) in [6.07, 6.45) is 42.9. The fraction of sp³-hybridized carbons (Fsp3) is 0.761. The number of carboxylic acids is 1. The fourth-order valence-corrected chi connectivity index (χ4v) is 6.10. The Morgan fingerprint density at radius 2 is 1.04 bits per heavy atom. The SMILES string of the molecule is CC/C=C\C/C=C\C/C=C\CCCCCCCC(=O)OC(COCCC(C(=O)O)[N+](C)(C)C)COC(=O)CCCCCCC/C=C\CCCCCCCC. The highest BCUT2D eigenvalue weighted by Gasteiger charge is 2.31. The molecule has 0 spiro atoms. The van der Waals surface area contributed by atoms with Crippen molar-refractivity contribution >= 4 is 17.9 Å². The Labute approximate surface area is 331 Å². The minimum Gasteiger partial charge on any atom is -0.477 e. The molecule has 0 aliphatic carbocycles. The zero-order chi connectivity index (χ0) is 40.0. The standard InChI is InChI=1S/C46H81NO7/c1-6-8-10-12-14-16-18-20-22-24-26-28-30-32-34-36-44(48)53-41-42(40-52-39-38-43(46(50)51)47(3,4)5)54-45(49)37-35-33-31-29-27-25-23-21-19-17-15-13-11-9-7-2/h9,11,15,17,20-23,42-43H,6-8,10,12-14,16,18-19,24-41H2,1-5H3/p+1/b11-9-,17-15-,22-20-,23-21-. The van der Waals surface area contributed by atoms with Crippen molar-refractivity contribution in [1.29, 1.82) is 0 Å². The number of quaternary nitrogens is 1. The van der Waals surface area contributed by atoms with Gasteiger partial charge in [0.05, 0.1) is 34.4 Å². The molecule has 8 heteroatoms. The van der Waals surface area contributed by atoms with Crippen molar-refractivity contribution in [3.05, 3.63) is 48.6 Å². The molecule has 0 saturated carbocycles. The van der Waals surface area contributed by atoms with E-state index < -0.39 is 18.1 Å². The van der Waals surface area contributed by atoms with E-state index in [0.29, 0.717) is 19.3 Å². The highest BCUT2D eigenvalue weighted by atomic mass is 16.6. The fourth-order valence-electron chi connectivity index (χ4n) is 6.10. The van der Waals surface area contributed by atoms with Gasteiger partial charge < -0.3 is 23.8 Å². The summed E-state index contributed by atoms with van der Waals surface area (Å²) in [5.41, 5.74) is 0. The van der Waals surface area contributed by atoms with Crippen LogP contribution in [0, 0.1) is 0 Å². The number of ether oxygens (including phenoxy) is 3. The molecule has 0 heterocycles. The van der Waals surface area contributed by atoms with Gasteiger partial charge >= 0.3 is 17.9 Å². The lowest BCUT2D eigenvalue weighted by Gasteiger charge is -2.31. The van der Waals surface area contributed by atoms with Gasteiger partial charge in [0.25, 0.3) is 0 Å². The molecule has 8 nitrogen and oxygen atoms in total. The highest BCUT2D eigenvalue weighted by molar-refractivity contribution is 5.72. The maximum atomic E-state index is 12.7. The molecule has 0 aliphatic rings. The number of hydrogen-bond acceptors (Lipinski definition) is 6. The molecule has 54 heavy (non-hydrogen) atoms. The van der Waals surface area contributed by atoms with Crippen molar-refractivity contribution in [2.24, 2.45) is 0 Å². The summed E-state index contributed by atoms with van der Waals surface area (Å²) >= 11 is 0. The number of hydrogen-bond donors (Lipinski definition) is 1. The molecule has 0 radical (unpaired) electrons. The third kappa shape index (κ3) is 35.0. The van der Waals surface area contributed by atoms with Crippen molar-refractivity contribution in [2.45, 2.75) is 187 Å². The van der Waals surface area contributed by atoms with Gasteiger partial charge in [-0.1, -0.05) is 133 Å². The average Bonchev–Trinajstić information content (AvgIpc) is 3.12. The first-order chi connectivity index (χ1) is 26.1. The summed E-state index contributed by atoms with van der Waals surface area (Å²) in [5.74, 6) is -1.50. The largest absolute Gasteiger partial charge is 0.477 e. The van der Waals surface area contributed by atoms with Crippen molar-refractivity contribution in [1.82, 2.24) is 0 Å². The highest BCUT2D eigenvalue weighted by Crippen LogP contribution is 2.13. The summed E-state index contributed by atoms with van der Waals surface area (Å²) in [4.78, 5) is 36.9. The Balaban J connectivity index is 4.40. The second-order valence-corrected chi connectivity index (χ2v) is 15.6. The average molecular weight is 761 g/mol. The van der Waals surface area contributed by atoms with E-state index in [-0.39, 0.29) is 36.2 Å². The number of allylic oxidation sites excluding steroid dienone is 8. The van der Waals surface area contributed by atoms with E-state index >= 15 is 0 Å². The van der Waals surface area contributed by atoms with Gasteiger partial charge in [0.2, 0.25) is 0 Å². The first-order valence-corrected chi connectivity index (χ1v) is 21.7. The first kappa shape index (κ1) is 51.3. The molecule has 0 rings (SSSR count). The summed E-state index contributed by atoms with van der Waals surface area (Å²) in [7, 11) is 5.51. The third-order valence-electron chi connectivity index (χ3n) is 9.46. The van der Waals surface area contributed by atoms with Crippen LogP contribution in [0.25, 0.3) is 0 Å². The molecule has 2 atom stereocenters. The van der Waals surface area contributed by atoms with Crippen LogP contribution in [0.4, 0.5) is 0 Å². The molecule has 0 aromatic rings. The molecular formula is C46H82NO7+. The molecule has 2 unspecified atom stereocenters. The van der Waals surface area contributed by atoms with Gasteiger partial charge in [-0.15, -0.1) is 0 Å². The second-order valence-electron chi connectivity index (χ2n) is 15.6. The van der Waals surface area contributed by atoms with E-state index in [1.165, 1.54) is 51.4 Å². The van der Waals surface area contributed by atoms with Crippen LogP contribution in [-0.2, 0) is 28.6 Å². The smallest absolute Gasteiger partial charge is 0.362 e. The normalized spacial score (nSPS) is 13.4. The molecule has 1 N–H and O–H groups in total. The van der Waals surface area contributed by atoms with E-state index in [4.69, 9.17) is 14.2 Å². The molecule has 0 aromatic heterocycles. The van der Waals surface area contributed by atoms with Crippen LogP contribution in [0.2, 0.25) is 0 Å². The number of carboxylic acid groups (broad SMARTS) is 1. The van der Waals surface area contributed by atoms with Gasteiger partial charge in [-0.25, -0.2) is 4.79 Å². The van der Waals surface area contributed by atoms with E-state index in [9.17, 15) is 19.5 Å². The van der Waals surface area contributed by atoms with Crippen LogP contribution in [0.5, 0.6) is 0 Å². The lowest BCUT2D eigenvalue weighted by molar-refractivity contribution is -0.887. The van der Waals surface area contributed by atoms with Crippen LogP contribution >= 0.6 is 0 Å². The minimum absolute atomic E-state index is 0.0507. The number of nitrogens with zero attached hydrogens (tertiary/aromatic N) is 1. The first-order valence-electron chi connectivity index (χ1n) is 21.7. The number of carbonyl (C=O) groups is 3. The lowest BCUT2D eigenvalue weighted by atomic mass is 10.1. The van der Waals surface area contributed by atoms with Gasteiger partial charge in [-0.2, -0.15) is 0 Å². The Kier molecular flexibility index (Phi) is 35.4. The monoisotopic (exact) mass is 761 g/mol. The second kappa shape index (κ2) is 37.2. The van der Waals surface area contributed by atoms with Crippen molar-refractivity contribution in [3.8, 4) is 0 Å². The minimum atomic E-state index is -0.880. The third-order valence-corrected chi connectivity index (χ3v) is 9.46. The maximum absolute atomic E-state index is 12.7. The van der Waals surface area contributed by atoms with Crippen molar-refractivity contribution in [3.63, 3.8) is 0 Å². The van der Waals surface area contributed by atoms with Crippen molar-refractivity contribution < 1.29 is 38.2 Å². The molecule has 0 aromatic carbocycles. The number of unbranched alkanes of at least 4 members (excludes halogenated alkanes) is 16. The predicted octanol–water partition coefficient (Wildman–Crippen LogP) is 11.6. The summed E-state index contributed by atoms with van der Waals surface area (Å²) < 4.78 is 17.2. The molecule has 0 amide bonds. The zero-order valence-corrected chi connectivity index (χ0v) is 35.4. The number of rotatable bonds is 38. The number of aliphatic carboxylic acids is 1. The molecule has 312 valence electrons. The molecule has 0 aliphatic heterocycles. The summed E-state index contributed by atoms with van der Waals surface area (Å²) in [5, 5.41) is 9.61. The molecule has 0 fully saturated rings. The predicted molar refractivity (Wildman–Crippen MR) is 224 cm³/mol. The molecule has 0 bridgehead atoms. The summed E-state index contributed by atoms with van der Waals surface area (Å²) in [6.45, 7) is 4.59. The Morgan fingerprint density at radius 1 is 0.574 bits per heavy atom. The van der Waals surface area contributed by atoms with Gasteiger partial charge in [-0.3, -0.25) is 9.59 Å². The quantitative estimate of drug-likeness (QED) is 0.0289. The Hall–Kier alpha value is -2.71. The van der Waals surface area contributed by atoms with Gasteiger partial charge in [0.1, 0.15) is 6.61 Å². The van der Waals surface area contributed by atoms with E-state index in [1.54, 1.807) is 0 Å². The van der Waals surface area contributed by atoms with E-state index in [2.05, 4.69) is 62.5 Å². The van der Waals surface area contributed by atoms with Gasteiger partial charge in [0, 0.05) is 19.3 Å². The van der Waals surface area contributed by atoms with Crippen LogP contribution in [0.3, 0.4) is 0 Å². The Bertz CT molecular complexity index is 1030. The summed E-state index contributed by atoms with van der Waals surface area (Å²) in [6, 6.07) is -0.619. The topological polar surface area (TPSA) is 99.1 Å². The Morgan fingerprint density at radius 3 is 1.56 bits per heavy atom. The van der Waals surface area contributed by atoms with Crippen LogP contribution in [0.15, 0.2) is 48.6 Å². The van der Waals surface area contributed by atoms with E-state index in [1.807, 2.05) is 21.1 Å². The zero-order valence-electron chi connectivity index (χ0n) is 35.4. The number of esters is 2. The van der Waals surface area contributed by atoms with Gasteiger partial charge in [-0.05, 0) is 70.6 Å². The lowest BCUT2D eigenvalue weighted by Crippen LogP contribution is -2.50.